The number of hydrogen-bond acceptors (Lipinski definition) is 27. The molecule has 0 saturated heterocycles. The third kappa shape index (κ3) is 64.5. The van der Waals surface area contributed by atoms with Crippen LogP contribution < -0.4 is 60.7 Å². The molecule has 830 valence electrons. The summed E-state index contributed by atoms with van der Waals surface area (Å²) in [6.45, 7) is 23.7. The van der Waals surface area contributed by atoms with Crippen LogP contribution in [0.4, 0.5) is 0 Å². The summed E-state index contributed by atoms with van der Waals surface area (Å²) in [6, 6.07) is 28.1. The second kappa shape index (κ2) is 84.9. The SMILES string of the molecule is CCCCCCCC(C)c1nc(O)cc(=O)[nH]1.CCCCCCCCc1cc(=O)[nH]c(=O)[nH]1.CCCCCCCCc1nc(=O)[nH]c(=O)[nH]1.CCCCCCOc1cc(=O)[nH]c(SCCCCCC)n1.CCCCCCSc1nc(O)cc(=O)n1C.CCCCCCSc1nc(O)cc(=O)n1CCCCCCCO.CCCCCCSc1nc(O)cc(=O)n1Cc1ccccc1.CCCCc1ccc(-c2cc(O)cc(=O)[nH]2)cc1. The fourth-order valence-electron chi connectivity index (χ4n) is 15.1. The van der Waals surface area contributed by atoms with E-state index in [-0.39, 0.29) is 80.7 Å². The Hall–Kier alpha value is -10.8. The molecule has 37 heteroatoms. The number of ether oxygens (including phenoxy) is 1. The number of H-pyrrole nitrogens is 7. The van der Waals surface area contributed by atoms with E-state index in [9.17, 15) is 73.5 Å². The first kappa shape index (κ1) is 132. The molecule has 0 bridgehead atoms. The van der Waals surface area contributed by atoms with E-state index in [1.54, 1.807) is 45.8 Å². The summed E-state index contributed by atoms with van der Waals surface area (Å²) in [5, 5.41) is 58.3. The van der Waals surface area contributed by atoms with E-state index in [1.807, 2.05) is 49.4 Å². The summed E-state index contributed by atoms with van der Waals surface area (Å²) < 4.78 is 10.3. The predicted octanol–water partition coefficient (Wildman–Crippen LogP) is 23.2. The van der Waals surface area contributed by atoms with Gasteiger partial charge in [-0.2, -0.15) is 24.9 Å². The maximum absolute atomic E-state index is 12.2. The fraction of sp³-hybridized carbons (Fsp3) is 0.607. The van der Waals surface area contributed by atoms with Gasteiger partial charge >= 0.3 is 17.1 Å². The summed E-state index contributed by atoms with van der Waals surface area (Å²) in [4.78, 5) is 155. The zero-order valence-electron chi connectivity index (χ0n) is 90.8. The van der Waals surface area contributed by atoms with Gasteiger partial charge in [-0.05, 0) is 100 Å². The second-order valence-electron chi connectivity index (χ2n) is 37.0. The van der Waals surface area contributed by atoms with E-state index in [0.29, 0.717) is 70.0 Å². The molecule has 1 atom stereocenters. The number of aromatic amines is 7. The smallest absolute Gasteiger partial charge is 0.350 e. The summed E-state index contributed by atoms with van der Waals surface area (Å²) in [5.74, 6) is 4.68. The van der Waals surface area contributed by atoms with Crippen molar-refractivity contribution in [1.29, 1.82) is 0 Å². The van der Waals surface area contributed by atoms with Gasteiger partial charge in [0.2, 0.25) is 29.4 Å². The number of benzene rings is 2. The minimum Gasteiger partial charge on any atom is -0.508 e. The Labute approximate surface area is 897 Å². The van der Waals surface area contributed by atoms with Crippen molar-refractivity contribution in [3.63, 3.8) is 0 Å². The maximum Gasteiger partial charge on any atom is 0.350 e. The first-order chi connectivity index (χ1) is 72.0. The third-order valence-electron chi connectivity index (χ3n) is 23.6. The molecule has 0 fully saturated rings. The van der Waals surface area contributed by atoms with Crippen LogP contribution in [0.5, 0.6) is 35.1 Å². The van der Waals surface area contributed by atoms with E-state index >= 15 is 0 Å². The zero-order valence-corrected chi connectivity index (χ0v) is 94.1. The molecule has 2 aromatic carbocycles. The van der Waals surface area contributed by atoms with Gasteiger partial charge in [-0.3, -0.25) is 62.2 Å². The Bertz CT molecular complexity index is 5660. The maximum atomic E-state index is 12.2. The first-order valence-electron chi connectivity index (χ1n) is 54.7. The number of pyridine rings is 1. The number of aromatic nitrogens is 16. The Morgan fingerprint density at radius 2 is 0.792 bits per heavy atom. The number of aromatic hydroxyl groups is 5. The number of hydrogen-bond donors (Lipinski definition) is 13. The van der Waals surface area contributed by atoms with Crippen LogP contribution in [0.3, 0.4) is 0 Å². The molecule has 0 aliphatic rings. The van der Waals surface area contributed by atoms with Crippen LogP contribution in [-0.2, 0) is 39.4 Å². The van der Waals surface area contributed by atoms with Gasteiger partial charge in [0.15, 0.2) is 20.6 Å². The highest BCUT2D eigenvalue weighted by atomic mass is 32.2. The van der Waals surface area contributed by atoms with Crippen molar-refractivity contribution < 1.29 is 35.4 Å². The number of nitrogens with zero attached hydrogens (tertiary/aromatic N) is 9. The molecular weight excluding hydrogens is 1970 g/mol. The number of aliphatic hydroxyl groups excluding tert-OH is 1. The second-order valence-corrected chi connectivity index (χ2v) is 41.3. The largest absolute Gasteiger partial charge is 0.508 e. The lowest BCUT2D eigenvalue weighted by Crippen LogP contribution is -2.26. The molecule has 8 aromatic heterocycles. The average molecular weight is 2150 g/mol. The lowest BCUT2D eigenvalue weighted by Gasteiger charge is -2.11. The van der Waals surface area contributed by atoms with Gasteiger partial charge in [-0.1, -0.05) is 389 Å². The van der Waals surface area contributed by atoms with E-state index in [2.05, 4.69) is 139 Å². The lowest BCUT2D eigenvalue weighted by molar-refractivity contribution is 0.282. The van der Waals surface area contributed by atoms with Gasteiger partial charge in [0.25, 0.3) is 38.9 Å². The van der Waals surface area contributed by atoms with Crippen molar-refractivity contribution >= 4 is 47.0 Å². The normalized spacial score (nSPS) is 10.9. The van der Waals surface area contributed by atoms with Crippen LogP contribution >= 0.6 is 47.0 Å². The molecule has 0 aliphatic carbocycles. The van der Waals surface area contributed by atoms with E-state index in [4.69, 9.17) is 9.84 Å². The minimum absolute atomic E-state index is 0.0104. The van der Waals surface area contributed by atoms with Crippen molar-refractivity contribution in [3.05, 3.63) is 236 Å². The van der Waals surface area contributed by atoms with Gasteiger partial charge in [0.1, 0.15) is 17.4 Å². The molecule has 0 saturated carbocycles. The molecule has 1 unspecified atom stereocenters. The standard InChI is InChI=1S/C17H30N2O3S.C17H22N2O2S.C16H28N2O2S.C15H17NO2.C13H22N2O2.C12H20N2O2.C11H19N3O2.C11H18N2O2S/c1-2-3-4-10-13-23-17-18-15(21)14-16(22)19(17)11-8-6-5-7-9-12-20;1-2-3-4-8-11-22-17-18-15(20)12-16(21)19(17)13-14-9-6-5-7-10-14;1-3-5-7-9-11-20-15-13-14(19)17-16(18-15)21-12-10-8-6-4-2;1-2-3-4-11-5-7-12(8-6-11)14-9-13(17)10-15(18)16-14;1-3-4-5-6-7-8-10(2)13-14-11(16)9-12(17)15-13;1-2-3-4-5-6-7-8-10-9-11(15)14-12(16)13-10;1-2-3-4-5-6-7-8-9-12-10(15)14-11(16)13-9;1-3-4-5-6-7-16-11-12-9(14)8-10(15)13(11)2/h14,20-21H,2-13H2,1H3;5-7,9-10,12,20H,2-4,8,11,13H2,1H3;13H,3-12H2,1-2H3,(H,17,18,19);5-10H,2-4H2,1H3,(H2,16,17,18);9-10H,3-8H2,1-2H3,(H2,14,15,16,17);9H,2-8H2,1H3,(H2,13,14,15,16);2-8H2,1H3,(H2,12,13,14,15,16);8,14H,3-7H2,1-2H3. The van der Waals surface area contributed by atoms with Crippen molar-refractivity contribution in [2.75, 3.05) is 36.2 Å². The third-order valence-corrected chi connectivity index (χ3v) is 27.8. The summed E-state index contributed by atoms with van der Waals surface area (Å²) >= 11 is 6.21. The molecule has 0 amide bonds. The topological polar surface area (TPSA) is 504 Å². The molecule has 10 aromatic rings. The number of rotatable bonds is 64. The molecule has 149 heavy (non-hydrogen) atoms. The summed E-state index contributed by atoms with van der Waals surface area (Å²) in [7, 11) is 1.67. The number of unbranched alkanes of at least 4 members (excludes halogenated alkanes) is 34. The number of aliphatic hydroxyl groups is 1. The molecule has 0 aliphatic heterocycles. The molecule has 0 radical (unpaired) electrons. The first-order valence-corrected chi connectivity index (χ1v) is 58.6. The minimum atomic E-state index is -0.565. The van der Waals surface area contributed by atoms with Gasteiger partial charge in [0.05, 0.1) is 49.2 Å². The molecule has 10 rings (SSSR count). The van der Waals surface area contributed by atoms with Gasteiger partial charge in [-0.25, -0.2) is 19.4 Å². The van der Waals surface area contributed by atoms with Crippen molar-refractivity contribution in [1.82, 2.24) is 78.5 Å². The summed E-state index contributed by atoms with van der Waals surface area (Å²) in [6.07, 6.45) is 55.0. The molecule has 8 heterocycles. The Morgan fingerprint density at radius 1 is 0.349 bits per heavy atom. The van der Waals surface area contributed by atoms with Crippen LogP contribution in [0.2, 0.25) is 0 Å². The lowest BCUT2D eigenvalue weighted by atomic mass is 10.0. The van der Waals surface area contributed by atoms with Gasteiger partial charge in [-0.15, -0.1) is 0 Å². The average Bonchev–Trinajstić information content (AvgIpc) is 0.784. The quantitative estimate of drug-likeness (QED) is 0.00956. The van der Waals surface area contributed by atoms with Crippen molar-refractivity contribution in [3.8, 4) is 46.4 Å². The predicted molar refractivity (Wildman–Crippen MR) is 610 cm³/mol. The monoisotopic (exact) mass is 2150 g/mol. The van der Waals surface area contributed by atoms with Gasteiger partial charge < -0.3 is 55.3 Å². The highest BCUT2D eigenvalue weighted by Crippen LogP contribution is 2.27. The molecule has 33 nitrogen and oxygen atoms in total. The van der Waals surface area contributed by atoms with Crippen molar-refractivity contribution in [2.24, 2.45) is 7.05 Å². The van der Waals surface area contributed by atoms with Crippen LogP contribution in [0.15, 0.2) is 172 Å². The van der Waals surface area contributed by atoms with Crippen LogP contribution in [0, 0.1) is 0 Å². The molecular formula is C112H176N16O17S4. The fourth-order valence-corrected chi connectivity index (χ4v) is 18.9. The van der Waals surface area contributed by atoms with Crippen LogP contribution in [0.1, 0.15) is 393 Å². The van der Waals surface area contributed by atoms with Gasteiger partial charge in [0, 0.05) is 79.4 Å². The van der Waals surface area contributed by atoms with Crippen molar-refractivity contribution in [2.45, 2.75) is 417 Å². The van der Waals surface area contributed by atoms with Crippen LogP contribution in [-0.4, -0.2) is 145 Å². The zero-order chi connectivity index (χ0) is 109. The van der Waals surface area contributed by atoms with E-state index in [0.717, 1.165) is 168 Å². The number of thioether (sulfide) groups is 4. The number of nitrogens with one attached hydrogen (secondary N) is 7. The molecule has 13 N–H and O–H groups in total. The highest BCUT2D eigenvalue weighted by molar-refractivity contribution is 7.99. The van der Waals surface area contributed by atoms with E-state index in [1.165, 1.54) is 250 Å². The summed E-state index contributed by atoms with van der Waals surface area (Å²) in [5.41, 5.74) is 1.54. The Kier molecular flexibility index (Phi) is 75.4. The highest BCUT2D eigenvalue weighted by Gasteiger charge is 2.16. The number of aryl methyl sites for hydroxylation is 3. The Balaban J connectivity index is 0.000000439. The Morgan fingerprint density at radius 3 is 1.32 bits per heavy atom. The molecule has 0 spiro atoms. The van der Waals surface area contributed by atoms with Crippen LogP contribution in [0.25, 0.3) is 11.3 Å². The van der Waals surface area contributed by atoms with E-state index < -0.39 is 17.1 Å².